The van der Waals surface area contributed by atoms with Gasteiger partial charge in [-0.2, -0.15) is 0 Å². The minimum atomic E-state index is -1.62. The fourth-order valence-electron chi connectivity index (χ4n) is 9.59. The van der Waals surface area contributed by atoms with Crippen molar-refractivity contribution in [3.05, 3.63) is 48.6 Å². The first-order valence-corrected chi connectivity index (χ1v) is 32.8. The summed E-state index contributed by atoms with van der Waals surface area (Å²) < 4.78 is 22.8. The van der Waals surface area contributed by atoms with E-state index in [-0.39, 0.29) is 32.2 Å². The standard InChI is InChI=1S/C68H125NO8/c1-6-8-10-12-14-16-18-20-22-24-26-28-29-30-31-32-33-34-35-36-37-39-41-43-45-47-49-51-53-55-57-59-66(71)77-64(63-76-68(67(72)73)74-61-60-69(3,4)5)62-75-65(70)58-56-54-52-50-48-46-44-42-40-38-27-25-23-21-19-17-15-13-11-9-7-2/h8,10,14,16,20,22,26,28,64,68H,6-7,9,11-13,15,17-19,21,23-25,27,29-63H2,1-5H3/b10-8-,16-14-,22-20-,28-26-. The van der Waals surface area contributed by atoms with E-state index in [1.165, 1.54) is 218 Å². The molecule has 450 valence electrons. The first kappa shape index (κ1) is 74.2. The predicted molar refractivity (Wildman–Crippen MR) is 325 cm³/mol. The van der Waals surface area contributed by atoms with Gasteiger partial charge >= 0.3 is 11.9 Å². The summed E-state index contributed by atoms with van der Waals surface area (Å²) in [7, 11) is 5.94. The summed E-state index contributed by atoms with van der Waals surface area (Å²) in [5, 5.41) is 11.8. The van der Waals surface area contributed by atoms with Crippen molar-refractivity contribution in [3.63, 3.8) is 0 Å². The summed E-state index contributed by atoms with van der Waals surface area (Å²) in [5.41, 5.74) is 0. The van der Waals surface area contributed by atoms with Gasteiger partial charge in [-0.05, 0) is 51.4 Å². The Labute approximate surface area is 476 Å². The van der Waals surface area contributed by atoms with E-state index >= 15 is 0 Å². The lowest BCUT2D eigenvalue weighted by Crippen LogP contribution is -2.44. The second kappa shape index (κ2) is 59.4. The number of esters is 2. The maximum atomic E-state index is 12.9. The molecule has 77 heavy (non-hydrogen) atoms. The average molecular weight is 1080 g/mol. The third-order valence-electron chi connectivity index (χ3n) is 14.6. The molecule has 0 spiro atoms. The van der Waals surface area contributed by atoms with Crippen LogP contribution in [0, 0.1) is 0 Å². The van der Waals surface area contributed by atoms with E-state index in [4.69, 9.17) is 18.9 Å². The molecule has 2 unspecified atom stereocenters. The van der Waals surface area contributed by atoms with Gasteiger partial charge in [-0.1, -0.05) is 294 Å². The second-order valence-electron chi connectivity index (χ2n) is 23.4. The van der Waals surface area contributed by atoms with Crippen molar-refractivity contribution in [1.82, 2.24) is 0 Å². The van der Waals surface area contributed by atoms with Crippen molar-refractivity contribution in [1.29, 1.82) is 0 Å². The van der Waals surface area contributed by atoms with E-state index in [2.05, 4.69) is 62.5 Å². The lowest BCUT2D eigenvalue weighted by atomic mass is 10.0. The van der Waals surface area contributed by atoms with Crippen LogP contribution in [0.1, 0.15) is 309 Å². The summed E-state index contributed by atoms with van der Waals surface area (Å²) in [4.78, 5) is 37.4. The molecule has 0 aliphatic heterocycles. The molecule has 0 bridgehead atoms. The normalized spacial score (nSPS) is 13.0. The first-order valence-electron chi connectivity index (χ1n) is 32.8. The molecule has 9 nitrogen and oxygen atoms in total. The molecule has 0 saturated carbocycles. The molecule has 0 amide bonds. The van der Waals surface area contributed by atoms with Crippen LogP contribution in [0.5, 0.6) is 0 Å². The largest absolute Gasteiger partial charge is 0.545 e. The molecule has 0 radical (unpaired) electrons. The molecule has 0 aromatic heterocycles. The molecule has 0 N–H and O–H groups in total. The van der Waals surface area contributed by atoms with Crippen LogP contribution in [0.15, 0.2) is 48.6 Å². The molecule has 0 aliphatic rings. The highest BCUT2D eigenvalue weighted by Gasteiger charge is 2.22. The number of carboxylic acids is 1. The van der Waals surface area contributed by atoms with E-state index in [1.807, 2.05) is 21.1 Å². The quantitative estimate of drug-likeness (QED) is 0.0195. The molecular formula is C68H125NO8. The number of carboxylic acid groups (broad SMARTS) is 1. The Hall–Kier alpha value is -2.75. The number of ether oxygens (including phenoxy) is 4. The van der Waals surface area contributed by atoms with E-state index < -0.39 is 24.3 Å². The maximum Gasteiger partial charge on any atom is 0.306 e. The van der Waals surface area contributed by atoms with E-state index in [0.717, 1.165) is 57.8 Å². The number of nitrogens with zero attached hydrogens (tertiary/aromatic N) is 1. The Balaban J connectivity index is 4.10. The molecule has 0 heterocycles. The van der Waals surface area contributed by atoms with Crippen molar-refractivity contribution in [2.75, 3.05) is 47.5 Å². The number of hydrogen-bond acceptors (Lipinski definition) is 8. The van der Waals surface area contributed by atoms with Crippen molar-refractivity contribution < 1.29 is 42.9 Å². The van der Waals surface area contributed by atoms with Gasteiger partial charge in [0.1, 0.15) is 13.2 Å². The van der Waals surface area contributed by atoms with E-state index in [9.17, 15) is 19.5 Å². The van der Waals surface area contributed by atoms with Crippen LogP contribution in [-0.4, -0.2) is 82.3 Å². The first-order chi connectivity index (χ1) is 37.6. The van der Waals surface area contributed by atoms with Crippen molar-refractivity contribution >= 4 is 17.9 Å². The molecule has 0 fully saturated rings. The van der Waals surface area contributed by atoms with Crippen LogP contribution in [0.4, 0.5) is 0 Å². The van der Waals surface area contributed by atoms with Gasteiger partial charge in [0.25, 0.3) is 0 Å². The number of allylic oxidation sites excluding steroid dienone is 8. The predicted octanol–water partition coefficient (Wildman–Crippen LogP) is 18.5. The zero-order chi connectivity index (χ0) is 56.2. The van der Waals surface area contributed by atoms with Crippen molar-refractivity contribution in [2.45, 2.75) is 322 Å². The smallest absolute Gasteiger partial charge is 0.306 e. The van der Waals surface area contributed by atoms with Crippen LogP contribution in [0.25, 0.3) is 0 Å². The molecule has 2 atom stereocenters. The number of quaternary nitrogens is 1. The zero-order valence-corrected chi connectivity index (χ0v) is 51.3. The van der Waals surface area contributed by atoms with E-state index in [1.54, 1.807) is 0 Å². The lowest BCUT2D eigenvalue weighted by Gasteiger charge is -2.26. The SMILES string of the molecule is CC/C=C\C/C=C\C/C=C\C/C=C\CCCCCCCCCCCCCCCCCCCCC(=O)OC(COC(=O)CCCCCCCCCCCCCCCCCCCCCCC)COC(OCC[N+](C)(C)C)C(=O)[O-]. The molecule has 0 aromatic carbocycles. The monoisotopic (exact) mass is 1080 g/mol. The lowest BCUT2D eigenvalue weighted by molar-refractivity contribution is -0.870. The highest BCUT2D eigenvalue weighted by Crippen LogP contribution is 2.18. The molecular weight excluding hydrogens is 959 g/mol. The average Bonchev–Trinajstić information content (AvgIpc) is 3.40. The maximum absolute atomic E-state index is 12.9. The number of rotatable bonds is 61. The highest BCUT2D eigenvalue weighted by molar-refractivity contribution is 5.70. The number of likely N-dealkylation sites (N-methyl/N-ethyl adjacent to an activating group) is 1. The summed E-state index contributed by atoms with van der Waals surface area (Å²) in [6, 6.07) is 0. The van der Waals surface area contributed by atoms with Crippen LogP contribution in [0.2, 0.25) is 0 Å². The Morgan fingerprint density at radius 2 is 0.740 bits per heavy atom. The van der Waals surface area contributed by atoms with Gasteiger partial charge in [-0.25, -0.2) is 0 Å². The Morgan fingerprint density at radius 1 is 0.403 bits per heavy atom. The summed E-state index contributed by atoms with van der Waals surface area (Å²) in [5.74, 6) is -2.26. The van der Waals surface area contributed by atoms with Gasteiger partial charge in [0, 0.05) is 12.8 Å². The Bertz CT molecular complexity index is 1400. The minimum Gasteiger partial charge on any atom is -0.545 e. The van der Waals surface area contributed by atoms with Crippen molar-refractivity contribution in [2.24, 2.45) is 0 Å². The molecule has 0 aliphatic carbocycles. The number of hydrogen-bond donors (Lipinski definition) is 0. The van der Waals surface area contributed by atoms with E-state index in [0.29, 0.717) is 23.9 Å². The molecule has 9 heteroatoms. The summed E-state index contributed by atoms with van der Waals surface area (Å²) >= 11 is 0. The molecule has 0 rings (SSSR count). The van der Waals surface area contributed by atoms with Crippen LogP contribution in [0.3, 0.4) is 0 Å². The van der Waals surface area contributed by atoms with Gasteiger partial charge in [-0.15, -0.1) is 0 Å². The molecule has 0 aromatic rings. The van der Waals surface area contributed by atoms with Crippen LogP contribution in [-0.2, 0) is 33.3 Å². The fraction of sp³-hybridized carbons (Fsp3) is 0.838. The van der Waals surface area contributed by atoms with Gasteiger partial charge in [0.15, 0.2) is 12.4 Å². The number of aliphatic carboxylic acids is 1. The van der Waals surface area contributed by atoms with Crippen molar-refractivity contribution in [3.8, 4) is 0 Å². The topological polar surface area (TPSA) is 111 Å². The third kappa shape index (κ3) is 60.7. The van der Waals surface area contributed by atoms with Crippen LogP contribution >= 0.6 is 0 Å². The van der Waals surface area contributed by atoms with Gasteiger partial charge in [-0.3, -0.25) is 9.59 Å². The third-order valence-corrected chi connectivity index (χ3v) is 14.6. The Kier molecular flexibility index (Phi) is 57.3. The second-order valence-corrected chi connectivity index (χ2v) is 23.4. The van der Waals surface area contributed by atoms with Gasteiger partial charge < -0.3 is 33.3 Å². The van der Waals surface area contributed by atoms with Gasteiger partial charge in [0.2, 0.25) is 0 Å². The number of carbonyl (C=O) groups excluding carboxylic acids is 3. The fourth-order valence-corrected chi connectivity index (χ4v) is 9.59. The highest BCUT2D eigenvalue weighted by atomic mass is 16.7. The van der Waals surface area contributed by atoms with Gasteiger partial charge in [0.05, 0.1) is 40.3 Å². The number of carbonyl (C=O) groups is 3. The van der Waals surface area contributed by atoms with Crippen LogP contribution < -0.4 is 5.11 Å². The molecule has 0 saturated heterocycles. The zero-order valence-electron chi connectivity index (χ0n) is 51.3. The number of unbranched alkanes of at least 4 members (excludes halogenated alkanes) is 38. The summed E-state index contributed by atoms with van der Waals surface area (Å²) in [6.07, 6.45) is 71.8. The minimum absolute atomic E-state index is 0.150. The Morgan fingerprint density at radius 3 is 1.10 bits per heavy atom. The summed E-state index contributed by atoms with van der Waals surface area (Å²) in [6.45, 7) is 4.69.